The van der Waals surface area contributed by atoms with Crippen molar-refractivity contribution in [3.8, 4) is 5.75 Å². The standard InChI is InChI=1S/C26H31NO8/c1-25(2,3)33-23(30)27(35-24(31)34-26(4,5)6)17-19-12-14-20(15-13-19)32-21(22(28)29)16-18-10-8-7-9-11-18/h7-16H,17H2,1-6H3,(H,28,29). The maximum atomic E-state index is 12.6. The Balaban J connectivity index is 2.16. The van der Waals surface area contributed by atoms with Gasteiger partial charge in [-0.3, -0.25) is 4.84 Å². The van der Waals surface area contributed by atoms with Gasteiger partial charge in [0.15, 0.2) is 0 Å². The van der Waals surface area contributed by atoms with Crippen molar-refractivity contribution in [1.29, 1.82) is 0 Å². The van der Waals surface area contributed by atoms with Gasteiger partial charge in [-0.2, -0.15) is 0 Å². The van der Waals surface area contributed by atoms with E-state index in [2.05, 4.69) is 0 Å². The summed E-state index contributed by atoms with van der Waals surface area (Å²) in [6.07, 6.45) is -0.516. The fourth-order valence-corrected chi connectivity index (χ4v) is 2.60. The van der Waals surface area contributed by atoms with Crippen LogP contribution in [0.5, 0.6) is 5.75 Å². The number of carboxylic acid groups (broad SMARTS) is 1. The Morgan fingerprint density at radius 1 is 0.857 bits per heavy atom. The molecule has 0 aliphatic rings. The molecule has 2 aromatic carbocycles. The van der Waals surface area contributed by atoms with Gasteiger partial charge in [0, 0.05) is 0 Å². The van der Waals surface area contributed by atoms with E-state index in [1.54, 1.807) is 77.9 Å². The lowest BCUT2D eigenvalue weighted by atomic mass is 10.2. The first-order chi connectivity index (χ1) is 16.2. The molecular weight excluding hydrogens is 454 g/mol. The number of ether oxygens (including phenoxy) is 3. The van der Waals surface area contributed by atoms with E-state index in [9.17, 15) is 19.5 Å². The number of aliphatic carboxylic acids is 1. The molecule has 2 rings (SSSR count). The van der Waals surface area contributed by atoms with Crippen molar-refractivity contribution < 1.29 is 38.5 Å². The van der Waals surface area contributed by atoms with Crippen LogP contribution >= 0.6 is 0 Å². The van der Waals surface area contributed by atoms with Gasteiger partial charge in [0.05, 0.1) is 6.54 Å². The highest BCUT2D eigenvalue weighted by molar-refractivity contribution is 5.90. The van der Waals surface area contributed by atoms with Crippen molar-refractivity contribution in [2.45, 2.75) is 59.3 Å². The zero-order chi connectivity index (χ0) is 26.2. The zero-order valence-corrected chi connectivity index (χ0v) is 20.7. The second-order valence-electron chi connectivity index (χ2n) is 9.54. The maximum absolute atomic E-state index is 12.6. The van der Waals surface area contributed by atoms with Crippen LogP contribution in [0.1, 0.15) is 52.7 Å². The monoisotopic (exact) mass is 485 g/mol. The van der Waals surface area contributed by atoms with Gasteiger partial charge in [0.2, 0.25) is 5.76 Å². The third-order valence-corrected chi connectivity index (χ3v) is 3.96. The lowest BCUT2D eigenvalue weighted by Gasteiger charge is -2.27. The highest BCUT2D eigenvalue weighted by Gasteiger charge is 2.28. The predicted octanol–water partition coefficient (Wildman–Crippen LogP) is 5.79. The summed E-state index contributed by atoms with van der Waals surface area (Å²) >= 11 is 0. The SMILES string of the molecule is CC(C)(C)OC(=O)ON(Cc1ccc(OC(=Cc2ccccc2)C(=O)O)cc1)C(=O)OC(C)(C)C. The molecule has 0 aromatic heterocycles. The average molecular weight is 486 g/mol. The third-order valence-electron chi connectivity index (χ3n) is 3.96. The van der Waals surface area contributed by atoms with Gasteiger partial charge in [0.1, 0.15) is 17.0 Å². The van der Waals surface area contributed by atoms with Crippen molar-refractivity contribution >= 4 is 24.3 Å². The summed E-state index contributed by atoms with van der Waals surface area (Å²) in [5, 5.41) is 10.2. The summed E-state index contributed by atoms with van der Waals surface area (Å²) < 4.78 is 16.0. The number of carboxylic acids is 1. The van der Waals surface area contributed by atoms with Gasteiger partial charge in [-0.15, -0.1) is 5.06 Å². The Morgan fingerprint density at radius 3 is 1.94 bits per heavy atom. The summed E-state index contributed by atoms with van der Waals surface area (Å²) in [6, 6.07) is 15.2. The van der Waals surface area contributed by atoms with Crippen molar-refractivity contribution in [2.75, 3.05) is 0 Å². The Bertz CT molecular complexity index is 1050. The number of carbonyl (C=O) groups is 3. The highest BCUT2D eigenvalue weighted by atomic mass is 16.8. The molecule has 0 heterocycles. The molecule has 0 atom stereocenters. The van der Waals surface area contributed by atoms with E-state index < -0.39 is 29.4 Å². The van der Waals surface area contributed by atoms with E-state index in [1.165, 1.54) is 18.2 Å². The molecule has 2 aromatic rings. The van der Waals surface area contributed by atoms with E-state index in [4.69, 9.17) is 19.0 Å². The van der Waals surface area contributed by atoms with Crippen LogP contribution in [0.15, 0.2) is 60.4 Å². The van der Waals surface area contributed by atoms with Crippen LogP contribution in [-0.2, 0) is 25.7 Å². The highest BCUT2D eigenvalue weighted by Crippen LogP contribution is 2.20. The van der Waals surface area contributed by atoms with Gasteiger partial charge >= 0.3 is 18.2 Å². The Hall–Kier alpha value is -4.01. The van der Waals surface area contributed by atoms with E-state index in [0.717, 1.165) is 5.06 Å². The minimum Gasteiger partial charge on any atom is -0.475 e. The van der Waals surface area contributed by atoms with E-state index in [1.807, 2.05) is 6.07 Å². The quantitative estimate of drug-likeness (QED) is 0.237. The van der Waals surface area contributed by atoms with Gasteiger partial charge < -0.3 is 19.3 Å². The number of hydrogen-bond donors (Lipinski definition) is 1. The molecule has 0 aliphatic carbocycles. The van der Waals surface area contributed by atoms with Crippen molar-refractivity contribution in [1.82, 2.24) is 5.06 Å². The second kappa shape index (κ2) is 11.4. The molecule has 0 bridgehead atoms. The molecule has 0 unspecified atom stereocenters. The minimum absolute atomic E-state index is 0.139. The topological polar surface area (TPSA) is 112 Å². The van der Waals surface area contributed by atoms with Gasteiger partial charge in [-0.05, 0) is 70.9 Å². The largest absolute Gasteiger partial charge is 0.534 e. The number of amides is 1. The molecule has 0 radical (unpaired) electrons. The van der Waals surface area contributed by atoms with Crippen molar-refractivity contribution in [3.05, 3.63) is 71.5 Å². The van der Waals surface area contributed by atoms with E-state index >= 15 is 0 Å². The van der Waals surface area contributed by atoms with Crippen LogP contribution in [0.3, 0.4) is 0 Å². The molecule has 0 aliphatic heterocycles. The summed E-state index contributed by atoms with van der Waals surface area (Å²) in [5.41, 5.74) is -0.391. The van der Waals surface area contributed by atoms with Crippen LogP contribution in [0, 0.1) is 0 Å². The normalized spacial score (nSPS) is 11.9. The Morgan fingerprint density at radius 2 is 1.43 bits per heavy atom. The van der Waals surface area contributed by atoms with Crippen LogP contribution in [0.4, 0.5) is 9.59 Å². The third kappa shape index (κ3) is 10.2. The summed E-state index contributed by atoms with van der Waals surface area (Å²) in [4.78, 5) is 41.5. The summed E-state index contributed by atoms with van der Waals surface area (Å²) in [6.45, 7) is 9.93. The lowest BCUT2D eigenvalue weighted by molar-refractivity contribution is -0.140. The number of benzene rings is 2. The zero-order valence-electron chi connectivity index (χ0n) is 20.7. The molecule has 188 valence electrons. The van der Waals surface area contributed by atoms with Crippen LogP contribution in [0.25, 0.3) is 6.08 Å². The Kier molecular flexibility index (Phi) is 8.88. The number of nitrogens with zero attached hydrogens (tertiary/aromatic N) is 1. The Labute approximate surface area is 204 Å². The first-order valence-corrected chi connectivity index (χ1v) is 10.9. The van der Waals surface area contributed by atoms with Crippen LogP contribution in [0.2, 0.25) is 0 Å². The summed E-state index contributed by atoms with van der Waals surface area (Å²) in [5.74, 6) is -1.21. The van der Waals surface area contributed by atoms with Crippen molar-refractivity contribution in [2.24, 2.45) is 0 Å². The molecular formula is C26H31NO8. The smallest absolute Gasteiger partial charge is 0.475 e. The molecule has 35 heavy (non-hydrogen) atoms. The van der Waals surface area contributed by atoms with Gasteiger partial charge in [-0.1, -0.05) is 42.5 Å². The molecule has 0 fully saturated rings. The summed E-state index contributed by atoms with van der Waals surface area (Å²) in [7, 11) is 0. The van der Waals surface area contributed by atoms with E-state index in [-0.39, 0.29) is 18.1 Å². The lowest BCUT2D eigenvalue weighted by Crippen LogP contribution is -2.39. The maximum Gasteiger partial charge on any atom is 0.534 e. The van der Waals surface area contributed by atoms with Crippen LogP contribution in [-0.4, -0.2) is 39.6 Å². The fourth-order valence-electron chi connectivity index (χ4n) is 2.60. The number of hydroxylamine groups is 2. The fraction of sp³-hybridized carbons (Fsp3) is 0.346. The molecule has 9 nitrogen and oxygen atoms in total. The molecule has 0 saturated heterocycles. The molecule has 9 heteroatoms. The predicted molar refractivity (Wildman–Crippen MR) is 128 cm³/mol. The van der Waals surface area contributed by atoms with Crippen molar-refractivity contribution in [3.63, 3.8) is 0 Å². The molecule has 1 amide bonds. The number of carbonyl (C=O) groups excluding carboxylic acids is 2. The molecule has 1 N–H and O–H groups in total. The van der Waals surface area contributed by atoms with Crippen LogP contribution < -0.4 is 4.74 Å². The number of rotatable bonds is 6. The first-order valence-electron chi connectivity index (χ1n) is 10.9. The van der Waals surface area contributed by atoms with E-state index in [0.29, 0.717) is 11.1 Å². The van der Waals surface area contributed by atoms with Gasteiger partial charge in [-0.25, -0.2) is 14.4 Å². The first kappa shape index (κ1) is 27.2. The second-order valence-corrected chi connectivity index (χ2v) is 9.54. The molecule has 0 saturated carbocycles. The molecule has 0 spiro atoms. The van der Waals surface area contributed by atoms with Gasteiger partial charge in [0.25, 0.3) is 0 Å². The minimum atomic E-state index is -1.22. The average Bonchev–Trinajstić information content (AvgIpc) is 2.72. The number of hydrogen-bond acceptors (Lipinski definition) is 7.